The fourth-order valence-corrected chi connectivity index (χ4v) is 3.28. The molecule has 1 aromatic heterocycles. The first-order valence-corrected chi connectivity index (χ1v) is 5.07. The van der Waals surface area contributed by atoms with Gasteiger partial charge in [-0.2, -0.15) is 8.73 Å². The van der Waals surface area contributed by atoms with Gasteiger partial charge in [0.2, 0.25) is 0 Å². The van der Waals surface area contributed by atoms with Gasteiger partial charge in [0, 0.05) is 0 Å². The highest BCUT2D eigenvalue weighted by molar-refractivity contribution is 14.1. The molecule has 0 bridgehead atoms. The second kappa shape index (κ2) is 2.28. The highest BCUT2D eigenvalue weighted by Gasteiger charge is 2.15. The summed E-state index contributed by atoms with van der Waals surface area (Å²) in [6.45, 7) is 0. The van der Waals surface area contributed by atoms with Crippen molar-refractivity contribution >= 4 is 61.7 Å². The molecule has 0 aliphatic carbocycles. The van der Waals surface area contributed by atoms with E-state index in [4.69, 9.17) is 5.73 Å². The van der Waals surface area contributed by atoms with Crippen molar-refractivity contribution in [3.05, 3.63) is 2.88 Å². The van der Waals surface area contributed by atoms with Gasteiger partial charge in [0.25, 0.3) is 0 Å². The monoisotopic (exact) mass is 283 g/mol. The zero-order chi connectivity index (χ0) is 7.14. The van der Waals surface area contributed by atoms with Crippen LogP contribution in [0.3, 0.4) is 0 Å². The molecule has 0 atom stereocenters. The molecule has 2 N–H and O–H groups in total. The number of rotatable bonds is 0. The van der Waals surface area contributed by atoms with Crippen molar-refractivity contribution in [3.8, 4) is 0 Å². The minimum Gasteiger partial charge on any atom is -0.389 e. The highest BCUT2D eigenvalue weighted by Crippen LogP contribution is 2.46. The lowest BCUT2D eigenvalue weighted by Crippen LogP contribution is -1.74. The minimum absolute atomic E-state index is 0.771. The predicted octanol–water partition coefficient (Wildman–Crippen LogP) is 2.66. The number of nitrogen functional groups attached to an aromatic ring is 1. The van der Waals surface area contributed by atoms with E-state index in [1.807, 2.05) is 0 Å². The van der Waals surface area contributed by atoms with E-state index in [1.54, 1.807) is 0 Å². The fraction of sp³-hybridized carbons (Fsp3) is 0. The van der Waals surface area contributed by atoms with Crippen molar-refractivity contribution in [2.45, 2.75) is 0 Å². The molecule has 0 unspecified atom stereocenters. The summed E-state index contributed by atoms with van der Waals surface area (Å²) in [5.41, 5.74) is 7.45. The number of nitrogens with two attached hydrogens (primary N) is 1. The maximum absolute atomic E-state index is 5.64. The van der Waals surface area contributed by atoms with E-state index in [9.17, 15) is 0 Å². The third kappa shape index (κ3) is 0.823. The van der Waals surface area contributed by atoms with Crippen LogP contribution in [-0.2, 0) is 11.4 Å². The van der Waals surface area contributed by atoms with Crippen LogP contribution in [0.5, 0.6) is 0 Å². The number of fused-ring (bicyclic) bond motifs is 1. The Morgan fingerprint density at radius 3 is 2.70 bits per heavy atom. The summed E-state index contributed by atoms with van der Waals surface area (Å²) in [7, 11) is 0. The lowest BCUT2D eigenvalue weighted by molar-refractivity contribution is 1.60. The molecule has 1 aliphatic rings. The first kappa shape index (κ1) is 6.74. The smallest absolute Gasteiger partial charge is 0.140 e. The number of nitrogens with zero attached hydrogens (tertiary/aromatic N) is 2. The molecule has 0 spiro atoms. The Morgan fingerprint density at radius 1 is 1.30 bits per heavy atom. The van der Waals surface area contributed by atoms with Crippen LogP contribution in [0.2, 0.25) is 0 Å². The molecule has 2 rings (SSSR count). The van der Waals surface area contributed by atoms with Gasteiger partial charge in [-0.15, -0.1) is 11.3 Å². The van der Waals surface area contributed by atoms with Crippen LogP contribution < -0.4 is 5.73 Å². The summed E-state index contributed by atoms with van der Waals surface area (Å²) >= 11 is 4.96. The average molecular weight is 283 g/mol. The average Bonchev–Trinajstić information content (AvgIpc) is 2.39. The Morgan fingerprint density at radius 2 is 2.00 bits per heavy atom. The Bertz CT molecular complexity index is 321. The molecule has 1 aromatic rings. The van der Waals surface area contributed by atoms with Crippen LogP contribution in [0, 0.1) is 2.88 Å². The number of halogens is 1. The Balaban J connectivity index is 2.77. The van der Waals surface area contributed by atoms with E-state index in [-0.39, 0.29) is 0 Å². The first-order valence-electron chi connectivity index (χ1n) is 2.45. The normalized spacial score (nSPS) is 13.3. The van der Waals surface area contributed by atoms with Crippen LogP contribution in [0.4, 0.5) is 16.4 Å². The van der Waals surface area contributed by atoms with E-state index in [0.717, 1.165) is 19.3 Å². The Labute approximate surface area is 78.7 Å². The molecule has 0 fully saturated rings. The zero-order valence-corrected chi connectivity index (χ0v) is 8.46. The molecule has 0 amide bonds. The maximum atomic E-state index is 5.64. The van der Waals surface area contributed by atoms with E-state index in [1.165, 1.54) is 22.7 Å². The lowest BCUT2D eigenvalue weighted by Gasteiger charge is -1.81. The van der Waals surface area contributed by atoms with Gasteiger partial charge in [0.05, 0.1) is 14.2 Å². The molecular formula is C4H2IN3S2. The molecule has 0 radical (unpaired) electrons. The molecule has 10 heavy (non-hydrogen) atoms. The highest BCUT2D eigenvalue weighted by atomic mass is 127. The number of hydrogen-bond donors (Lipinski definition) is 1. The van der Waals surface area contributed by atoms with Crippen molar-refractivity contribution in [3.63, 3.8) is 0 Å². The Kier molecular flexibility index (Phi) is 1.53. The second-order valence-electron chi connectivity index (χ2n) is 1.70. The summed E-state index contributed by atoms with van der Waals surface area (Å²) < 4.78 is 9.27. The van der Waals surface area contributed by atoms with E-state index >= 15 is 0 Å². The molecule has 1 aliphatic heterocycles. The van der Waals surface area contributed by atoms with Crippen LogP contribution in [0.1, 0.15) is 0 Å². The summed E-state index contributed by atoms with van der Waals surface area (Å²) in [5, 5.41) is 0.771. The summed E-state index contributed by atoms with van der Waals surface area (Å²) in [6, 6.07) is 0. The molecule has 52 valence electrons. The lowest BCUT2D eigenvalue weighted by atomic mass is 10.4. The van der Waals surface area contributed by atoms with Crippen molar-refractivity contribution in [2.75, 3.05) is 5.73 Å². The largest absolute Gasteiger partial charge is 0.389 e. The van der Waals surface area contributed by atoms with Crippen molar-refractivity contribution in [1.82, 2.24) is 0 Å². The van der Waals surface area contributed by atoms with E-state index in [2.05, 4.69) is 31.3 Å². The van der Waals surface area contributed by atoms with E-state index in [0.29, 0.717) is 0 Å². The van der Waals surface area contributed by atoms with Gasteiger partial charge in [0.15, 0.2) is 0 Å². The number of thiophene rings is 1. The van der Waals surface area contributed by atoms with Gasteiger partial charge < -0.3 is 5.73 Å². The SMILES string of the molecule is Nc1sc(I)c2c1N=S=N2. The Hall–Kier alpha value is 0.0500. The third-order valence-corrected chi connectivity index (χ3v) is 3.59. The molecule has 2 heterocycles. The van der Waals surface area contributed by atoms with Gasteiger partial charge in [-0.1, -0.05) is 0 Å². The summed E-state index contributed by atoms with van der Waals surface area (Å²) in [4.78, 5) is 0. The molecule has 0 aromatic carbocycles. The molecule has 0 saturated carbocycles. The summed E-state index contributed by atoms with van der Waals surface area (Å²) in [6.07, 6.45) is 0. The number of anilines is 1. The van der Waals surface area contributed by atoms with Crippen molar-refractivity contribution < 1.29 is 0 Å². The molecular weight excluding hydrogens is 281 g/mol. The van der Waals surface area contributed by atoms with Gasteiger partial charge in [-0.25, -0.2) is 0 Å². The maximum Gasteiger partial charge on any atom is 0.140 e. The van der Waals surface area contributed by atoms with E-state index < -0.39 is 0 Å². The van der Waals surface area contributed by atoms with Crippen LogP contribution in [-0.4, -0.2) is 0 Å². The third-order valence-electron chi connectivity index (χ3n) is 1.11. The molecule has 0 saturated heterocycles. The zero-order valence-electron chi connectivity index (χ0n) is 4.67. The topological polar surface area (TPSA) is 50.7 Å². The van der Waals surface area contributed by atoms with Gasteiger partial charge in [0.1, 0.15) is 16.4 Å². The van der Waals surface area contributed by atoms with Crippen LogP contribution in [0.25, 0.3) is 0 Å². The molecule has 3 nitrogen and oxygen atoms in total. The van der Waals surface area contributed by atoms with Crippen LogP contribution in [0.15, 0.2) is 8.73 Å². The van der Waals surface area contributed by atoms with Gasteiger partial charge in [-0.3, -0.25) is 0 Å². The van der Waals surface area contributed by atoms with Gasteiger partial charge in [-0.05, 0) is 22.6 Å². The summed E-state index contributed by atoms with van der Waals surface area (Å²) in [5.74, 6) is 0. The van der Waals surface area contributed by atoms with Crippen LogP contribution >= 0.6 is 33.9 Å². The predicted molar refractivity (Wildman–Crippen MR) is 53.0 cm³/mol. The fourth-order valence-electron chi connectivity index (χ4n) is 0.672. The van der Waals surface area contributed by atoms with Gasteiger partial charge >= 0.3 is 0 Å². The molecule has 6 heteroatoms. The van der Waals surface area contributed by atoms with Crippen molar-refractivity contribution in [2.24, 2.45) is 8.73 Å². The van der Waals surface area contributed by atoms with Crippen molar-refractivity contribution in [1.29, 1.82) is 0 Å². The standard InChI is InChI=1S/C4H2IN3S2/c5-3-1-2(4(6)9-3)8-10-7-1/h6H2. The number of hydrogen-bond acceptors (Lipinski definition) is 4. The quantitative estimate of drug-likeness (QED) is 0.742. The first-order chi connectivity index (χ1) is 4.79. The second-order valence-corrected chi connectivity index (χ2v) is 5.09. The minimum atomic E-state index is 0.771.